The zero-order valence-electron chi connectivity index (χ0n) is 23.2. The van der Waals surface area contributed by atoms with E-state index in [1.54, 1.807) is 33.0 Å². The highest BCUT2D eigenvalue weighted by atomic mass is 32.1. The Bertz CT molecular complexity index is 1450. The summed E-state index contributed by atoms with van der Waals surface area (Å²) in [7, 11) is 0. The minimum absolute atomic E-state index is 0.00595. The second-order valence-electron chi connectivity index (χ2n) is 10.1. The maximum Gasteiger partial charge on any atom is 0.407 e. The van der Waals surface area contributed by atoms with E-state index in [1.165, 1.54) is 23.5 Å². The van der Waals surface area contributed by atoms with Crippen LogP contribution in [0.3, 0.4) is 0 Å². The number of halogens is 1. The number of amides is 1. The van der Waals surface area contributed by atoms with Crippen LogP contribution >= 0.6 is 11.3 Å². The molecule has 0 aliphatic heterocycles. The molecule has 11 heteroatoms. The molecule has 0 aliphatic rings. The van der Waals surface area contributed by atoms with Gasteiger partial charge in [0.2, 0.25) is 5.88 Å². The first-order chi connectivity index (χ1) is 19.1. The van der Waals surface area contributed by atoms with Crippen molar-refractivity contribution in [2.75, 3.05) is 26.4 Å². The van der Waals surface area contributed by atoms with E-state index in [4.69, 9.17) is 18.9 Å². The fourth-order valence-corrected chi connectivity index (χ4v) is 4.69. The Balaban J connectivity index is 1.45. The topological polar surface area (TPSA) is 105 Å². The molecule has 0 aliphatic carbocycles. The first kappa shape index (κ1) is 29.2. The van der Waals surface area contributed by atoms with Gasteiger partial charge in [-0.15, -0.1) is 21.5 Å². The minimum atomic E-state index is -0.564. The lowest BCUT2D eigenvalue weighted by atomic mass is 10.1. The van der Waals surface area contributed by atoms with Gasteiger partial charge in [0.15, 0.2) is 0 Å². The van der Waals surface area contributed by atoms with Gasteiger partial charge in [0.1, 0.15) is 35.2 Å². The molecule has 1 amide bonds. The third kappa shape index (κ3) is 7.86. The van der Waals surface area contributed by atoms with Crippen LogP contribution in [0.1, 0.15) is 34.6 Å². The number of rotatable bonds is 11. The van der Waals surface area contributed by atoms with Gasteiger partial charge in [-0.3, -0.25) is 0 Å². The van der Waals surface area contributed by atoms with Crippen molar-refractivity contribution in [2.24, 2.45) is 0 Å². The van der Waals surface area contributed by atoms with E-state index in [1.807, 2.05) is 37.4 Å². The van der Waals surface area contributed by atoms with E-state index in [2.05, 4.69) is 20.5 Å². The largest absolute Gasteiger partial charge is 0.490 e. The molecule has 0 unspecified atom stereocenters. The number of benzene rings is 1. The molecule has 0 saturated carbocycles. The molecule has 0 atom stereocenters. The van der Waals surface area contributed by atoms with E-state index in [9.17, 15) is 9.18 Å². The standard InChI is InChI=1S/C29H33FN4O5S/c1-18(2)38-24-16-19(8-10-31-24)25-22-9-15-40-27(22)26(34-33-25)21-7-6-20(30)17-23(21)37-14-13-36-12-11-32-28(35)39-29(3,4)5/h6-10,15-18H,11-14H2,1-5H3,(H,32,35). The van der Waals surface area contributed by atoms with Gasteiger partial charge in [0.05, 0.1) is 24.0 Å². The van der Waals surface area contributed by atoms with Crippen LogP contribution in [0, 0.1) is 5.82 Å². The van der Waals surface area contributed by atoms with Gasteiger partial charge >= 0.3 is 6.09 Å². The van der Waals surface area contributed by atoms with Crippen LogP contribution in [0.5, 0.6) is 11.6 Å². The van der Waals surface area contributed by atoms with Crippen molar-refractivity contribution >= 4 is 27.5 Å². The third-order valence-electron chi connectivity index (χ3n) is 5.35. The van der Waals surface area contributed by atoms with Crippen molar-refractivity contribution in [3.05, 3.63) is 53.8 Å². The van der Waals surface area contributed by atoms with Gasteiger partial charge < -0.3 is 24.3 Å². The Labute approximate surface area is 236 Å². The highest BCUT2D eigenvalue weighted by Gasteiger charge is 2.19. The van der Waals surface area contributed by atoms with E-state index in [-0.39, 0.29) is 25.9 Å². The number of thiophene rings is 1. The summed E-state index contributed by atoms with van der Waals surface area (Å²) in [6, 6.07) is 10.0. The van der Waals surface area contributed by atoms with Crippen LogP contribution in [-0.2, 0) is 9.47 Å². The normalized spacial score (nSPS) is 11.6. The maximum absolute atomic E-state index is 14.2. The van der Waals surface area contributed by atoms with Crippen molar-refractivity contribution in [3.63, 3.8) is 0 Å². The summed E-state index contributed by atoms with van der Waals surface area (Å²) >= 11 is 1.52. The van der Waals surface area contributed by atoms with Crippen molar-refractivity contribution in [3.8, 4) is 34.1 Å². The van der Waals surface area contributed by atoms with Gasteiger partial charge in [-0.2, -0.15) is 0 Å². The number of ether oxygens (including phenoxy) is 4. The molecular weight excluding hydrogens is 535 g/mol. The van der Waals surface area contributed by atoms with Crippen molar-refractivity contribution in [1.82, 2.24) is 20.5 Å². The second kappa shape index (κ2) is 13.0. The number of hydrogen-bond acceptors (Lipinski definition) is 9. The van der Waals surface area contributed by atoms with Crippen molar-refractivity contribution in [1.29, 1.82) is 0 Å². The molecule has 3 aromatic heterocycles. The number of nitrogens with one attached hydrogen (secondary N) is 1. The van der Waals surface area contributed by atoms with Gasteiger partial charge in [0.25, 0.3) is 0 Å². The summed E-state index contributed by atoms with van der Waals surface area (Å²) in [4.78, 5) is 16.0. The number of hydrogen-bond donors (Lipinski definition) is 1. The van der Waals surface area contributed by atoms with Crippen molar-refractivity contribution < 1.29 is 28.1 Å². The number of alkyl carbamates (subject to hydrolysis) is 1. The highest BCUT2D eigenvalue weighted by Crippen LogP contribution is 2.39. The van der Waals surface area contributed by atoms with E-state index in [0.29, 0.717) is 35.1 Å². The molecule has 4 aromatic rings. The number of nitrogens with zero attached hydrogens (tertiary/aromatic N) is 3. The Hall–Kier alpha value is -3.83. The molecule has 0 saturated heterocycles. The molecule has 0 fully saturated rings. The summed E-state index contributed by atoms with van der Waals surface area (Å²) in [5.74, 6) is 0.422. The molecular formula is C29H33FN4O5S. The average molecular weight is 569 g/mol. The number of fused-ring (bicyclic) bond motifs is 1. The number of carbonyl (C=O) groups excluding carboxylic acids is 1. The van der Waals surface area contributed by atoms with Gasteiger partial charge in [-0.05, 0) is 64.3 Å². The van der Waals surface area contributed by atoms with Gasteiger partial charge in [0, 0.05) is 41.4 Å². The van der Waals surface area contributed by atoms with Crippen LogP contribution in [0.4, 0.5) is 9.18 Å². The molecule has 40 heavy (non-hydrogen) atoms. The van der Waals surface area contributed by atoms with E-state index >= 15 is 0 Å². The first-order valence-corrected chi connectivity index (χ1v) is 13.8. The number of aromatic nitrogens is 3. The van der Waals surface area contributed by atoms with Gasteiger partial charge in [-0.1, -0.05) is 0 Å². The molecule has 1 aromatic carbocycles. The lowest BCUT2D eigenvalue weighted by Crippen LogP contribution is -2.34. The highest BCUT2D eigenvalue weighted by molar-refractivity contribution is 7.17. The fourth-order valence-electron chi connectivity index (χ4n) is 3.79. The summed E-state index contributed by atoms with van der Waals surface area (Å²) in [6.45, 7) is 10.3. The molecule has 0 radical (unpaired) electrons. The Morgan fingerprint density at radius 1 is 1.05 bits per heavy atom. The SMILES string of the molecule is CC(C)Oc1cc(-c2nnc(-c3ccc(F)cc3OCCOCCNC(=O)OC(C)(C)C)c3sccc23)ccn1. The van der Waals surface area contributed by atoms with E-state index < -0.39 is 17.5 Å². The number of carbonyl (C=O) groups is 1. The lowest BCUT2D eigenvalue weighted by Gasteiger charge is -2.19. The molecule has 1 N–H and O–H groups in total. The average Bonchev–Trinajstić information content (AvgIpc) is 3.37. The monoisotopic (exact) mass is 568 g/mol. The second-order valence-corrected chi connectivity index (χ2v) is 11.1. The Kier molecular flexibility index (Phi) is 9.49. The number of pyridine rings is 1. The molecule has 9 nitrogen and oxygen atoms in total. The molecule has 0 spiro atoms. The van der Waals surface area contributed by atoms with E-state index in [0.717, 1.165) is 15.6 Å². The molecule has 4 rings (SSSR count). The smallest absolute Gasteiger partial charge is 0.407 e. The summed E-state index contributed by atoms with van der Waals surface area (Å²) < 4.78 is 37.4. The quantitative estimate of drug-likeness (QED) is 0.211. The summed E-state index contributed by atoms with van der Waals surface area (Å²) in [6.07, 6.45) is 1.17. The minimum Gasteiger partial charge on any atom is -0.490 e. The maximum atomic E-state index is 14.2. The zero-order valence-corrected chi connectivity index (χ0v) is 24.0. The lowest BCUT2D eigenvalue weighted by molar-refractivity contribution is 0.0489. The van der Waals surface area contributed by atoms with Gasteiger partial charge in [-0.25, -0.2) is 14.2 Å². The predicted octanol–water partition coefficient (Wildman–Crippen LogP) is 6.27. The molecule has 0 bridgehead atoms. The van der Waals surface area contributed by atoms with Crippen LogP contribution in [-0.4, -0.2) is 59.3 Å². The van der Waals surface area contributed by atoms with Crippen LogP contribution in [0.25, 0.3) is 32.6 Å². The third-order valence-corrected chi connectivity index (χ3v) is 6.27. The summed E-state index contributed by atoms with van der Waals surface area (Å²) in [5.41, 5.74) is 2.19. The zero-order chi connectivity index (χ0) is 28.7. The first-order valence-electron chi connectivity index (χ1n) is 12.9. The van der Waals surface area contributed by atoms with Crippen LogP contribution < -0.4 is 14.8 Å². The predicted molar refractivity (Wildman–Crippen MR) is 152 cm³/mol. The Morgan fingerprint density at radius 3 is 2.62 bits per heavy atom. The van der Waals surface area contributed by atoms with Crippen LogP contribution in [0.2, 0.25) is 0 Å². The molecule has 3 heterocycles. The molecule has 212 valence electrons. The van der Waals surface area contributed by atoms with Crippen LogP contribution in [0.15, 0.2) is 48.0 Å². The fraction of sp³-hybridized carbons (Fsp3) is 0.379. The Morgan fingerprint density at radius 2 is 1.85 bits per heavy atom. The van der Waals surface area contributed by atoms with Crippen molar-refractivity contribution in [2.45, 2.75) is 46.3 Å². The summed E-state index contributed by atoms with van der Waals surface area (Å²) in [5, 5.41) is 14.6.